The predicted molar refractivity (Wildman–Crippen MR) is 107 cm³/mol. The summed E-state index contributed by atoms with van der Waals surface area (Å²) in [6, 6.07) is 10.1. The Morgan fingerprint density at radius 1 is 1.29 bits per heavy atom. The van der Waals surface area contributed by atoms with E-state index in [9.17, 15) is 9.59 Å². The lowest BCUT2D eigenvalue weighted by Gasteiger charge is -2.26. The molecule has 2 amide bonds. The summed E-state index contributed by atoms with van der Waals surface area (Å²) in [6.07, 6.45) is 1.66. The molecule has 1 aliphatic rings. The molecule has 0 radical (unpaired) electrons. The van der Waals surface area contributed by atoms with Gasteiger partial charge in [0.1, 0.15) is 5.69 Å². The number of para-hydroxylation sites is 1. The number of carbonyl (C=O) groups is 2. The van der Waals surface area contributed by atoms with Crippen molar-refractivity contribution in [2.45, 2.75) is 13.5 Å². The lowest BCUT2D eigenvalue weighted by molar-refractivity contribution is 0.0633. The van der Waals surface area contributed by atoms with Crippen LogP contribution in [0.2, 0.25) is 0 Å². The number of carbonyl (C=O) groups excluding carboxylic acids is 2. The second-order valence-electron chi connectivity index (χ2n) is 6.60. The Hall–Kier alpha value is -2.87. The van der Waals surface area contributed by atoms with Crippen LogP contribution in [0.25, 0.3) is 0 Å². The number of methoxy groups -OCH3 is 1. The summed E-state index contributed by atoms with van der Waals surface area (Å²) in [5.74, 6) is -0.113. The number of amides is 2. The van der Waals surface area contributed by atoms with Crippen LogP contribution in [0.4, 0.5) is 5.69 Å². The van der Waals surface area contributed by atoms with Gasteiger partial charge in [-0.1, -0.05) is 18.2 Å². The summed E-state index contributed by atoms with van der Waals surface area (Å²) in [6.45, 7) is 6.36. The third kappa shape index (κ3) is 4.51. The highest BCUT2D eigenvalue weighted by Gasteiger charge is 2.27. The van der Waals surface area contributed by atoms with E-state index < -0.39 is 0 Å². The zero-order valence-corrected chi connectivity index (χ0v) is 16.4. The fourth-order valence-corrected chi connectivity index (χ4v) is 3.26. The van der Waals surface area contributed by atoms with Gasteiger partial charge in [0, 0.05) is 58.3 Å². The fourth-order valence-electron chi connectivity index (χ4n) is 3.26. The van der Waals surface area contributed by atoms with Crippen molar-refractivity contribution in [2.75, 3.05) is 51.3 Å². The smallest absolute Gasteiger partial charge is 0.290 e. The average molecular weight is 385 g/mol. The Balaban J connectivity index is 1.56. The molecule has 0 spiro atoms. The molecular weight excluding hydrogens is 358 g/mol. The van der Waals surface area contributed by atoms with Gasteiger partial charge >= 0.3 is 0 Å². The van der Waals surface area contributed by atoms with E-state index in [0.29, 0.717) is 45.2 Å². The first-order chi connectivity index (χ1) is 13.6. The summed E-state index contributed by atoms with van der Waals surface area (Å²) in [5.41, 5.74) is 1.40. The van der Waals surface area contributed by atoms with Gasteiger partial charge in [0.2, 0.25) is 0 Å². The van der Waals surface area contributed by atoms with Crippen molar-refractivity contribution in [3.8, 4) is 0 Å². The molecule has 0 aliphatic carbocycles. The van der Waals surface area contributed by atoms with Crippen molar-refractivity contribution in [2.24, 2.45) is 0 Å². The molecule has 8 heteroatoms. The predicted octanol–water partition coefficient (Wildman–Crippen LogP) is 1.24. The molecule has 1 aromatic heterocycles. The Kier molecular flexibility index (Phi) is 6.65. The first-order valence-corrected chi connectivity index (χ1v) is 9.57. The van der Waals surface area contributed by atoms with E-state index >= 15 is 0 Å². The molecule has 0 saturated heterocycles. The van der Waals surface area contributed by atoms with E-state index in [2.05, 4.69) is 34.3 Å². The SMILES string of the molecule is CCN(CCNC(=O)c1cn2c(n1)C(=O)N(CCOC)CC2)c1ccccc1. The maximum absolute atomic E-state index is 12.5. The van der Waals surface area contributed by atoms with Crippen molar-refractivity contribution in [3.63, 3.8) is 0 Å². The molecule has 0 bridgehead atoms. The van der Waals surface area contributed by atoms with Gasteiger partial charge in [0.05, 0.1) is 6.61 Å². The van der Waals surface area contributed by atoms with Crippen LogP contribution in [-0.4, -0.2) is 72.7 Å². The summed E-state index contributed by atoms with van der Waals surface area (Å²) in [5, 5.41) is 2.90. The molecule has 0 fully saturated rings. The second-order valence-corrected chi connectivity index (χ2v) is 6.60. The van der Waals surface area contributed by atoms with Crippen molar-refractivity contribution in [1.29, 1.82) is 0 Å². The Bertz CT molecular complexity index is 805. The van der Waals surface area contributed by atoms with Crippen LogP contribution in [0.1, 0.15) is 28.0 Å². The number of likely N-dealkylation sites (N-methyl/N-ethyl adjacent to an activating group) is 1. The largest absolute Gasteiger partial charge is 0.383 e. The minimum absolute atomic E-state index is 0.163. The van der Waals surface area contributed by atoms with Gasteiger partial charge in [-0.05, 0) is 19.1 Å². The van der Waals surface area contributed by atoms with Crippen LogP contribution in [0.3, 0.4) is 0 Å². The number of benzene rings is 1. The molecule has 0 saturated carbocycles. The molecule has 3 rings (SSSR count). The van der Waals surface area contributed by atoms with Crippen LogP contribution in [0.15, 0.2) is 36.5 Å². The monoisotopic (exact) mass is 385 g/mol. The van der Waals surface area contributed by atoms with E-state index in [1.54, 1.807) is 22.8 Å². The fraction of sp³-hybridized carbons (Fsp3) is 0.450. The molecule has 150 valence electrons. The van der Waals surface area contributed by atoms with Gasteiger partial charge in [-0.15, -0.1) is 0 Å². The molecule has 1 aromatic carbocycles. The summed E-state index contributed by atoms with van der Waals surface area (Å²) in [7, 11) is 1.61. The summed E-state index contributed by atoms with van der Waals surface area (Å²) < 4.78 is 6.79. The van der Waals surface area contributed by atoms with Gasteiger partial charge in [-0.25, -0.2) is 4.98 Å². The molecule has 2 heterocycles. The van der Waals surface area contributed by atoms with E-state index in [4.69, 9.17) is 4.74 Å². The van der Waals surface area contributed by atoms with Crippen molar-refractivity contribution in [1.82, 2.24) is 19.8 Å². The number of ether oxygens (including phenoxy) is 1. The third-order valence-electron chi connectivity index (χ3n) is 4.83. The number of imidazole rings is 1. The Morgan fingerprint density at radius 3 is 2.79 bits per heavy atom. The van der Waals surface area contributed by atoms with Gasteiger partial charge < -0.3 is 24.4 Å². The lowest BCUT2D eigenvalue weighted by atomic mass is 10.3. The Labute approximate surface area is 165 Å². The third-order valence-corrected chi connectivity index (χ3v) is 4.83. The zero-order valence-electron chi connectivity index (χ0n) is 16.4. The standard InChI is InChI=1S/C20H27N5O3/c1-3-23(16-7-5-4-6-8-16)10-9-21-19(26)17-15-25-12-11-24(13-14-28-2)20(27)18(25)22-17/h4-8,15H,3,9-14H2,1-2H3,(H,21,26). The molecular formula is C20H27N5O3. The number of rotatable bonds is 9. The molecule has 0 atom stereocenters. The second kappa shape index (κ2) is 9.36. The summed E-state index contributed by atoms with van der Waals surface area (Å²) in [4.78, 5) is 33.1. The van der Waals surface area contributed by atoms with Crippen LogP contribution in [0.5, 0.6) is 0 Å². The van der Waals surface area contributed by atoms with Crippen molar-refractivity contribution in [3.05, 3.63) is 48.0 Å². The van der Waals surface area contributed by atoms with Crippen LogP contribution in [-0.2, 0) is 11.3 Å². The lowest BCUT2D eigenvalue weighted by Crippen LogP contribution is -2.42. The molecule has 1 N–H and O–H groups in total. The molecule has 8 nitrogen and oxygen atoms in total. The number of hydrogen-bond acceptors (Lipinski definition) is 5. The van der Waals surface area contributed by atoms with Gasteiger partial charge in [0.25, 0.3) is 11.8 Å². The van der Waals surface area contributed by atoms with Crippen LogP contribution < -0.4 is 10.2 Å². The molecule has 0 unspecified atom stereocenters. The maximum atomic E-state index is 12.5. The minimum Gasteiger partial charge on any atom is -0.383 e. The van der Waals surface area contributed by atoms with Crippen LogP contribution in [0, 0.1) is 0 Å². The normalized spacial score (nSPS) is 13.4. The Morgan fingerprint density at radius 2 is 2.07 bits per heavy atom. The van der Waals surface area contributed by atoms with Gasteiger partial charge in [0.15, 0.2) is 5.82 Å². The van der Waals surface area contributed by atoms with E-state index in [1.807, 2.05) is 18.2 Å². The first-order valence-electron chi connectivity index (χ1n) is 9.57. The topological polar surface area (TPSA) is 79.7 Å². The number of anilines is 1. The summed E-state index contributed by atoms with van der Waals surface area (Å²) >= 11 is 0. The van der Waals surface area contributed by atoms with E-state index in [-0.39, 0.29) is 17.5 Å². The highest BCUT2D eigenvalue weighted by Crippen LogP contribution is 2.14. The highest BCUT2D eigenvalue weighted by molar-refractivity contribution is 5.96. The van der Waals surface area contributed by atoms with E-state index in [0.717, 1.165) is 12.2 Å². The number of fused-ring (bicyclic) bond motifs is 1. The maximum Gasteiger partial charge on any atom is 0.290 e. The number of nitrogens with one attached hydrogen (secondary N) is 1. The van der Waals surface area contributed by atoms with Crippen molar-refractivity contribution < 1.29 is 14.3 Å². The van der Waals surface area contributed by atoms with Crippen molar-refractivity contribution >= 4 is 17.5 Å². The number of nitrogens with zero attached hydrogens (tertiary/aromatic N) is 4. The first kappa shape index (κ1) is 19.9. The molecule has 1 aliphatic heterocycles. The average Bonchev–Trinajstić information content (AvgIpc) is 3.17. The van der Waals surface area contributed by atoms with Crippen LogP contribution >= 0.6 is 0 Å². The molecule has 2 aromatic rings. The highest BCUT2D eigenvalue weighted by atomic mass is 16.5. The minimum atomic E-state index is -0.262. The number of aromatic nitrogens is 2. The zero-order chi connectivity index (χ0) is 19.9. The van der Waals surface area contributed by atoms with Gasteiger partial charge in [-0.3, -0.25) is 9.59 Å². The quantitative estimate of drug-likeness (QED) is 0.703. The van der Waals surface area contributed by atoms with Gasteiger partial charge in [-0.2, -0.15) is 0 Å². The number of hydrogen-bond donors (Lipinski definition) is 1. The van der Waals surface area contributed by atoms with E-state index in [1.165, 1.54) is 0 Å². The molecule has 28 heavy (non-hydrogen) atoms.